The first kappa shape index (κ1) is 9.91. The highest BCUT2D eigenvalue weighted by atomic mass is 32.2. The summed E-state index contributed by atoms with van der Waals surface area (Å²) in [5.41, 5.74) is 0. The summed E-state index contributed by atoms with van der Waals surface area (Å²) >= 11 is 3.00. The van der Waals surface area contributed by atoms with E-state index in [-0.39, 0.29) is 6.61 Å². The van der Waals surface area contributed by atoms with Gasteiger partial charge in [0.1, 0.15) is 6.33 Å². The van der Waals surface area contributed by atoms with Gasteiger partial charge in [-0.1, -0.05) is 11.8 Å². The molecular formula is C6H10N2O2S2. The lowest BCUT2D eigenvalue weighted by Crippen LogP contribution is -2.02. The highest BCUT2D eigenvalue weighted by Crippen LogP contribution is 2.17. The van der Waals surface area contributed by atoms with Crippen LogP contribution in [0.1, 0.15) is 0 Å². The minimum atomic E-state index is 0.0868. The van der Waals surface area contributed by atoms with Crippen LogP contribution in [0.3, 0.4) is 0 Å². The van der Waals surface area contributed by atoms with Crippen molar-refractivity contribution < 1.29 is 9.84 Å². The maximum Gasteiger partial charge on any atom is 0.169 e. The summed E-state index contributed by atoms with van der Waals surface area (Å²) in [6.45, 7) is 1.14. The van der Waals surface area contributed by atoms with E-state index in [1.54, 1.807) is 18.1 Å². The third kappa shape index (κ3) is 4.01. The fraction of sp³-hybridized carbons (Fsp3) is 0.667. The minimum absolute atomic E-state index is 0.0868. The van der Waals surface area contributed by atoms with Gasteiger partial charge in [0.2, 0.25) is 0 Å². The third-order valence-corrected chi connectivity index (χ3v) is 2.79. The van der Waals surface area contributed by atoms with Crippen LogP contribution in [0.2, 0.25) is 0 Å². The highest BCUT2D eigenvalue weighted by Gasteiger charge is 1.96. The summed E-state index contributed by atoms with van der Waals surface area (Å²) in [5.74, 6) is 0.856. The standard InChI is InChI=1S/C6H10N2O2S2/c9-1-2-10-3-4-11-6-7-5-8-12-6/h5,9H,1-4H2. The molecule has 12 heavy (non-hydrogen) atoms. The normalized spacial score (nSPS) is 10.4. The summed E-state index contributed by atoms with van der Waals surface area (Å²) in [7, 11) is 0. The highest BCUT2D eigenvalue weighted by molar-refractivity contribution is 8.00. The van der Waals surface area contributed by atoms with Crippen molar-refractivity contribution in [2.45, 2.75) is 4.34 Å². The van der Waals surface area contributed by atoms with Crippen LogP contribution in [-0.2, 0) is 4.74 Å². The SMILES string of the molecule is OCCOCCSc1ncns1. The van der Waals surface area contributed by atoms with Crippen LogP contribution in [0, 0.1) is 0 Å². The molecule has 0 aromatic carbocycles. The van der Waals surface area contributed by atoms with Gasteiger partial charge in [0.25, 0.3) is 0 Å². The predicted molar refractivity (Wildman–Crippen MR) is 48.5 cm³/mol. The van der Waals surface area contributed by atoms with Gasteiger partial charge in [-0.15, -0.1) is 0 Å². The van der Waals surface area contributed by atoms with Crippen molar-refractivity contribution in [2.75, 3.05) is 25.6 Å². The molecule has 0 aliphatic rings. The van der Waals surface area contributed by atoms with Crippen LogP contribution in [0.5, 0.6) is 0 Å². The molecule has 0 bridgehead atoms. The molecule has 1 aromatic rings. The van der Waals surface area contributed by atoms with Crippen molar-refractivity contribution >= 4 is 23.3 Å². The molecule has 1 aromatic heterocycles. The zero-order valence-corrected chi connectivity index (χ0v) is 8.11. The summed E-state index contributed by atoms with van der Waals surface area (Å²) in [6.07, 6.45) is 1.54. The van der Waals surface area contributed by atoms with Crippen molar-refractivity contribution in [1.82, 2.24) is 9.36 Å². The van der Waals surface area contributed by atoms with Gasteiger partial charge in [0.05, 0.1) is 19.8 Å². The van der Waals surface area contributed by atoms with Crippen LogP contribution >= 0.6 is 23.3 Å². The molecule has 0 aliphatic heterocycles. The quantitative estimate of drug-likeness (QED) is 0.547. The number of aromatic nitrogens is 2. The Kier molecular flexibility index (Phi) is 5.25. The van der Waals surface area contributed by atoms with Gasteiger partial charge in [0, 0.05) is 5.75 Å². The van der Waals surface area contributed by atoms with Gasteiger partial charge in [-0.05, 0) is 11.5 Å². The molecule has 0 unspecified atom stereocenters. The van der Waals surface area contributed by atoms with Crippen molar-refractivity contribution in [3.63, 3.8) is 0 Å². The first-order valence-corrected chi connectivity index (χ1v) is 5.27. The van der Waals surface area contributed by atoms with E-state index in [0.717, 1.165) is 10.1 Å². The summed E-state index contributed by atoms with van der Waals surface area (Å²) in [4.78, 5) is 4.00. The average Bonchev–Trinajstić information content (AvgIpc) is 2.57. The molecule has 0 radical (unpaired) electrons. The van der Waals surface area contributed by atoms with E-state index >= 15 is 0 Å². The van der Waals surface area contributed by atoms with E-state index < -0.39 is 0 Å². The second kappa shape index (κ2) is 6.36. The fourth-order valence-electron chi connectivity index (χ4n) is 0.581. The Hall–Kier alpha value is -0.170. The largest absolute Gasteiger partial charge is 0.394 e. The maximum atomic E-state index is 8.40. The number of rotatable bonds is 6. The zero-order valence-electron chi connectivity index (χ0n) is 6.47. The maximum absolute atomic E-state index is 8.40. The van der Waals surface area contributed by atoms with E-state index in [1.807, 2.05) is 0 Å². The van der Waals surface area contributed by atoms with Gasteiger partial charge >= 0.3 is 0 Å². The predicted octanol–water partition coefficient (Wildman–Crippen LogP) is 0.639. The molecule has 0 atom stereocenters. The van der Waals surface area contributed by atoms with E-state index in [0.29, 0.717) is 13.2 Å². The smallest absolute Gasteiger partial charge is 0.169 e. The molecule has 6 heteroatoms. The molecule has 0 aliphatic carbocycles. The number of nitrogens with zero attached hydrogens (tertiary/aromatic N) is 2. The van der Waals surface area contributed by atoms with Crippen LogP contribution in [0.4, 0.5) is 0 Å². The molecule has 0 saturated heterocycles. The van der Waals surface area contributed by atoms with Gasteiger partial charge in [-0.3, -0.25) is 0 Å². The van der Waals surface area contributed by atoms with Crippen LogP contribution in [0.15, 0.2) is 10.7 Å². The van der Waals surface area contributed by atoms with E-state index in [9.17, 15) is 0 Å². The van der Waals surface area contributed by atoms with Crippen molar-refractivity contribution in [1.29, 1.82) is 0 Å². The van der Waals surface area contributed by atoms with Crippen molar-refractivity contribution in [2.24, 2.45) is 0 Å². The van der Waals surface area contributed by atoms with Crippen LogP contribution < -0.4 is 0 Å². The Morgan fingerprint density at radius 2 is 2.50 bits per heavy atom. The molecule has 1 heterocycles. The van der Waals surface area contributed by atoms with Crippen molar-refractivity contribution in [3.05, 3.63) is 6.33 Å². The first-order valence-electron chi connectivity index (χ1n) is 3.51. The molecule has 0 fully saturated rings. The molecule has 1 rings (SSSR count). The summed E-state index contributed by atoms with van der Waals surface area (Å²) in [6, 6.07) is 0. The number of thioether (sulfide) groups is 1. The Labute approximate surface area is 79.1 Å². The minimum Gasteiger partial charge on any atom is -0.394 e. The van der Waals surface area contributed by atoms with E-state index in [1.165, 1.54) is 11.5 Å². The van der Waals surface area contributed by atoms with Crippen LogP contribution in [0.25, 0.3) is 0 Å². The molecule has 1 N–H and O–H groups in total. The van der Waals surface area contributed by atoms with Gasteiger partial charge in [-0.2, -0.15) is 4.37 Å². The average molecular weight is 206 g/mol. The van der Waals surface area contributed by atoms with Crippen molar-refractivity contribution in [3.8, 4) is 0 Å². The lowest BCUT2D eigenvalue weighted by molar-refractivity contribution is 0.103. The number of ether oxygens (including phenoxy) is 1. The van der Waals surface area contributed by atoms with Crippen LogP contribution in [-0.4, -0.2) is 40.0 Å². The number of hydrogen-bond acceptors (Lipinski definition) is 6. The Morgan fingerprint density at radius 1 is 1.58 bits per heavy atom. The Balaban J connectivity index is 1.96. The molecule has 68 valence electrons. The van der Waals surface area contributed by atoms with E-state index in [4.69, 9.17) is 9.84 Å². The zero-order chi connectivity index (χ0) is 8.65. The summed E-state index contributed by atoms with van der Waals surface area (Å²) in [5, 5.41) is 8.40. The molecule has 0 saturated carbocycles. The third-order valence-electron chi connectivity index (χ3n) is 1.03. The second-order valence-electron chi connectivity index (χ2n) is 1.89. The monoisotopic (exact) mass is 206 g/mol. The summed E-state index contributed by atoms with van der Waals surface area (Å²) < 4.78 is 9.89. The van der Waals surface area contributed by atoms with Gasteiger partial charge in [0.15, 0.2) is 4.34 Å². The lowest BCUT2D eigenvalue weighted by atomic mass is 10.7. The molecular weight excluding hydrogens is 196 g/mol. The molecule has 0 spiro atoms. The van der Waals surface area contributed by atoms with Gasteiger partial charge in [-0.25, -0.2) is 4.98 Å². The Bertz CT molecular complexity index is 193. The number of hydrogen-bond donors (Lipinski definition) is 1. The van der Waals surface area contributed by atoms with E-state index in [2.05, 4.69) is 9.36 Å². The molecule has 4 nitrogen and oxygen atoms in total. The second-order valence-corrected chi connectivity index (χ2v) is 4.01. The first-order chi connectivity index (χ1) is 5.93. The Morgan fingerprint density at radius 3 is 3.17 bits per heavy atom. The number of aliphatic hydroxyl groups is 1. The fourth-order valence-corrected chi connectivity index (χ4v) is 1.95. The van der Waals surface area contributed by atoms with Gasteiger partial charge < -0.3 is 9.84 Å². The number of aliphatic hydroxyl groups excluding tert-OH is 1. The molecule has 0 amide bonds. The topological polar surface area (TPSA) is 55.2 Å². The lowest BCUT2D eigenvalue weighted by Gasteiger charge is -1.98.